The summed E-state index contributed by atoms with van der Waals surface area (Å²) in [5.74, 6) is 2.34. The Kier molecular flexibility index (Phi) is 2.96. The zero-order valence-corrected chi connectivity index (χ0v) is 10.3. The molecule has 1 aliphatic heterocycles. The molecule has 2 fully saturated rings. The van der Waals surface area contributed by atoms with Crippen LogP contribution < -0.4 is 10.5 Å². The molecule has 18 heavy (non-hydrogen) atoms. The van der Waals surface area contributed by atoms with Crippen LogP contribution in [0.5, 0.6) is 5.75 Å². The van der Waals surface area contributed by atoms with Crippen LogP contribution in [0.3, 0.4) is 0 Å². The van der Waals surface area contributed by atoms with Gasteiger partial charge in [-0.25, -0.2) is 0 Å². The summed E-state index contributed by atoms with van der Waals surface area (Å²) < 4.78 is 5.66. The number of rotatable bonds is 5. The summed E-state index contributed by atoms with van der Waals surface area (Å²) >= 11 is 0. The molecule has 1 heterocycles. The number of amides is 1. The number of primary amides is 1. The van der Waals surface area contributed by atoms with Gasteiger partial charge in [0.2, 0.25) is 5.91 Å². The van der Waals surface area contributed by atoms with E-state index in [1.165, 1.54) is 19.5 Å². The van der Waals surface area contributed by atoms with E-state index in [2.05, 4.69) is 4.90 Å². The second-order valence-electron chi connectivity index (χ2n) is 5.25. The molecule has 0 aromatic heterocycles. The SMILES string of the molecule is NC(=O)c1ccc(OCCN2CC3CC3C2)cc1. The Morgan fingerprint density at radius 3 is 2.56 bits per heavy atom. The highest BCUT2D eigenvalue weighted by atomic mass is 16.5. The molecule has 2 aliphatic rings. The Bertz CT molecular complexity index is 434. The van der Waals surface area contributed by atoms with Gasteiger partial charge < -0.3 is 10.5 Å². The molecule has 0 bridgehead atoms. The van der Waals surface area contributed by atoms with E-state index in [-0.39, 0.29) is 0 Å². The van der Waals surface area contributed by atoms with Crippen molar-refractivity contribution in [3.05, 3.63) is 29.8 Å². The fraction of sp³-hybridized carbons (Fsp3) is 0.500. The fourth-order valence-electron chi connectivity index (χ4n) is 2.69. The van der Waals surface area contributed by atoms with Gasteiger partial charge in [0.25, 0.3) is 0 Å². The van der Waals surface area contributed by atoms with Crippen LogP contribution in [-0.4, -0.2) is 37.0 Å². The van der Waals surface area contributed by atoms with Crippen molar-refractivity contribution in [1.82, 2.24) is 4.90 Å². The molecule has 3 rings (SSSR count). The molecule has 2 unspecified atom stereocenters. The lowest BCUT2D eigenvalue weighted by Gasteiger charge is -2.17. The minimum absolute atomic E-state index is 0.405. The third kappa shape index (κ3) is 2.48. The van der Waals surface area contributed by atoms with Crippen LogP contribution in [0.1, 0.15) is 16.8 Å². The molecule has 1 saturated heterocycles. The summed E-state index contributed by atoms with van der Waals surface area (Å²) in [5, 5.41) is 0. The van der Waals surface area contributed by atoms with Gasteiger partial charge in [0.05, 0.1) is 0 Å². The molecule has 2 N–H and O–H groups in total. The number of likely N-dealkylation sites (tertiary alicyclic amines) is 1. The average Bonchev–Trinajstić information content (AvgIpc) is 2.97. The lowest BCUT2D eigenvalue weighted by molar-refractivity contribution is 0.100. The molecule has 1 amide bonds. The molecular formula is C14H18N2O2. The average molecular weight is 246 g/mol. The third-order valence-corrected chi connectivity index (χ3v) is 3.87. The minimum atomic E-state index is -0.405. The number of carbonyl (C=O) groups is 1. The van der Waals surface area contributed by atoms with E-state index < -0.39 is 5.91 Å². The highest BCUT2D eigenvalue weighted by Gasteiger charge is 2.44. The summed E-state index contributed by atoms with van der Waals surface area (Å²) in [4.78, 5) is 13.4. The number of nitrogens with zero attached hydrogens (tertiary/aromatic N) is 1. The van der Waals surface area contributed by atoms with E-state index in [9.17, 15) is 4.79 Å². The van der Waals surface area contributed by atoms with Crippen LogP contribution in [0.4, 0.5) is 0 Å². The molecule has 1 aromatic rings. The third-order valence-electron chi connectivity index (χ3n) is 3.87. The fourth-order valence-corrected chi connectivity index (χ4v) is 2.69. The summed E-state index contributed by atoms with van der Waals surface area (Å²) in [6, 6.07) is 6.98. The Labute approximate surface area is 107 Å². The molecule has 1 saturated carbocycles. The maximum absolute atomic E-state index is 10.9. The maximum Gasteiger partial charge on any atom is 0.248 e. The lowest BCUT2D eigenvalue weighted by Crippen LogP contribution is -2.27. The standard InChI is InChI=1S/C14H18N2O2/c15-14(17)10-1-3-13(4-2-10)18-6-5-16-8-11-7-12(11)9-16/h1-4,11-12H,5-9H2,(H2,15,17). The zero-order chi connectivity index (χ0) is 12.5. The Morgan fingerprint density at radius 2 is 1.94 bits per heavy atom. The van der Waals surface area contributed by atoms with Crippen LogP contribution in [0.25, 0.3) is 0 Å². The Balaban J connectivity index is 1.43. The number of hydrogen-bond acceptors (Lipinski definition) is 3. The number of fused-ring (bicyclic) bond motifs is 1. The van der Waals surface area contributed by atoms with Crippen LogP contribution >= 0.6 is 0 Å². The number of ether oxygens (including phenoxy) is 1. The van der Waals surface area contributed by atoms with Crippen molar-refractivity contribution in [1.29, 1.82) is 0 Å². The summed E-state index contributed by atoms with van der Waals surface area (Å²) in [5.41, 5.74) is 5.69. The van der Waals surface area contributed by atoms with E-state index in [0.29, 0.717) is 12.2 Å². The first-order valence-electron chi connectivity index (χ1n) is 6.47. The van der Waals surface area contributed by atoms with Gasteiger partial charge in [-0.05, 0) is 42.5 Å². The van der Waals surface area contributed by atoms with Crippen LogP contribution in [0.15, 0.2) is 24.3 Å². The zero-order valence-electron chi connectivity index (χ0n) is 10.3. The smallest absolute Gasteiger partial charge is 0.248 e. The number of benzene rings is 1. The van der Waals surface area contributed by atoms with Crippen molar-refractivity contribution in [3.63, 3.8) is 0 Å². The van der Waals surface area contributed by atoms with E-state index in [1.54, 1.807) is 24.3 Å². The lowest BCUT2D eigenvalue weighted by atomic mass is 10.2. The van der Waals surface area contributed by atoms with Crippen molar-refractivity contribution < 1.29 is 9.53 Å². The second kappa shape index (κ2) is 4.61. The van der Waals surface area contributed by atoms with Crippen molar-refractivity contribution in [3.8, 4) is 5.75 Å². The molecule has 1 aliphatic carbocycles. The largest absolute Gasteiger partial charge is 0.492 e. The number of carbonyl (C=O) groups excluding carboxylic acids is 1. The topological polar surface area (TPSA) is 55.6 Å². The van der Waals surface area contributed by atoms with Gasteiger partial charge in [-0.15, -0.1) is 0 Å². The molecule has 2 atom stereocenters. The summed E-state index contributed by atoms with van der Waals surface area (Å²) in [6.07, 6.45) is 1.44. The predicted molar refractivity (Wildman–Crippen MR) is 68.5 cm³/mol. The van der Waals surface area contributed by atoms with Crippen LogP contribution in [0, 0.1) is 11.8 Å². The molecule has 0 radical (unpaired) electrons. The van der Waals surface area contributed by atoms with Gasteiger partial charge in [-0.3, -0.25) is 9.69 Å². The normalized spacial score (nSPS) is 25.8. The van der Waals surface area contributed by atoms with Gasteiger partial charge in [-0.2, -0.15) is 0 Å². The first-order valence-corrected chi connectivity index (χ1v) is 6.47. The highest BCUT2D eigenvalue weighted by Crippen LogP contribution is 2.44. The molecule has 4 nitrogen and oxygen atoms in total. The van der Waals surface area contributed by atoms with Crippen molar-refractivity contribution in [2.75, 3.05) is 26.2 Å². The highest BCUT2D eigenvalue weighted by molar-refractivity contribution is 5.92. The van der Waals surface area contributed by atoms with Crippen LogP contribution in [0.2, 0.25) is 0 Å². The monoisotopic (exact) mass is 246 g/mol. The predicted octanol–water partition coefficient (Wildman–Crippen LogP) is 1.12. The molecule has 96 valence electrons. The van der Waals surface area contributed by atoms with Gasteiger partial charge in [-0.1, -0.05) is 0 Å². The quantitative estimate of drug-likeness (QED) is 0.847. The first-order chi connectivity index (χ1) is 8.72. The van der Waals surface area contributed by atoms with Crippen molar-refractivity contribution >= 4 is 5.91 Å². The molecule has 4 heteroatoms. The van der Waals surface area contributed by atoms with Gasteiger partial charge in [0, 0.05) is 25.2 Å². The van der Waals surface area contributed by atoms with Crippen molar-refractivity contribution in [2.24, 2.45) is 17.6 Å². The van der Waals surface area contributed by atoms with E-state index in [1.807, 2.05) is 0 Å². The van der Waals surface area contributed by atoms with Gasteiger partial charge in [0.15, 0.2) is 0 Å². The van der Waals surface area contributed by atoms with E-state index in [4.69, 9.17) is 10.5 Å². The number of nitrogens with two attached hydrogens (primary N) is 1. The first kappa shape index (κ1) is 11.5. The van der Waals surface area contributed by atoms with Crippen molar-refractivity contribution in [2.45, 2.75) is 6.42 Å². The van der Waals surface area contributed by atoms with Gasteiger partial charge >= 0.3 is 0 Å². The van der Waals surface area contributed by atoms with Crippen LogP contribution in [-0.2, 0) is 0 Å². The second-order valence-corrected chi connectivity index (χ2v) is 5.25. The molecule has 0 spiro atoms. The Morgan fingerprint density at radius 1 is 1.28 bits per heavy atom. The summed E-state index contributed by atoms with van der Waals surface area (Å²) in [7, 11) is 0. The van der Waals surface area contributed by atoms with Gasteiger partial charge in [0.1, 0.15) is 12.4 Å². The molecule has 1 aromatic carbocycles. The Hall–Kier alpha value is -1.55. The summed E-state index contributed by atoms with van der Waals surface area (Å²) in [6.45, 7) is 4.18. The number of hydrogen-bond donors (Lipinski definition) is 1. The number of piperidine rings is 1. The maximum atomic E-state index is 10.9. The minimum Gasteiger partial charge on any atom is -0.492 e. The molecular weight excluding hydrogens is 228 g/mol. The van der Waals surface area contributed by atoms with E-state index >= 15 is 0 Å². The van der Waals surface area contributed by atoms with E-state index in [0.717, 1.165) is 24.1 Å².